The topological polar surface area (TPSA) is 98.3 Å². The van der Waals surface area contributed by atoms with Crippen LogP contribution in [0.1, 0.15) is 40.0 Å². The van der Waals surface area contributed by atoms with Crippen LogP contribution in [-0.4, -0.2) is 30.7 Å². The monoisotopic (exact) mass is 372 g/mol. The fourth-order valence-electron chi connectivity index (χ4n) is 4.13. The molecule has 0 saturated heterocycles. The highest BCUT2D eigenvalue weighted by molar-refractivity contribution is 5.95. The van der Waals surface area contributed by atoms with Gasteiger partial charge in [0.1, 0.15) is 12.4 Å². The van der Waals surface area contributed by atoms with Gasteiger partial charge in [0.15, 0.2) is 12.4 Å². The molecule has 1 amide bonds. The largest absolute Gasteiger partial charge is 0.486 e. The first-order chi connectivity index (χ1) is 12.8. The number of carbonyl (C=O) groups excluding carboxylic acids is 1. The summed E-state index contributed by atoms with van der Waals surface area (Å²) in [5.41, 5.74) is 9.66. The average molecular weight is 372 g/mol. The molecule has 0 heterocycles. The van der Waals surface area contributed by atoms with Gasteiger partial charge < -0.3 is 15.3 Å². The second-order valence-electron chi connectivity index (χ2n) is 8.04. The molecule has 2 atom stereocenters. The lowest BCUT2D eigenvalue weighted by molar-refractivity contribution is -0.125. The van der Waals surface area contributed by atoms with E-state index in [1.54, 1.807) is 0 Å². The fourth-order valence-corrected chi connectivity index (χ4v) is 4.13. The van der Waals surface area contributed by atoms with Gasteiger partial charge in [0, 0.05) is 11.1 Å². The smallest absolute Gasteiger partial charge is 0.280 e. The first-order valence-corrected chi connectivity index (χ1v) is 9.31. The van der Waals surface area contributed by atoms with E-state index < -0.39 is 0 Å². The molecule has 7 nitrogen and oxygen atoms in total. The van der Waals surface area contributed by atoms with Crippen LogP contribution in [0.5, 0.6) is 5.75 Å². The van der Waals surface area contributed by atoms with Crippen molar-refractivity contribution in [3.8, 4) is 5.75 Å². The van der Waals surface area contributed by atoms with Crippen molar-refractivity contribution in [1.29, 1.82) is 0 Å². The summed E-state index contributed by atoms with van der Waals surface area (Å²) >= 11 is 0. The molecule has 0 aliphatic heterocycles. The Balaban J connectivity index is 1.42. The van der Waals surface area contributed by atoms with Crippen molar-refractivity contribution in [3.63, 3.8) is 0 Å². The highest BCUT2D eigenvalue weighted by Crippen LogP contribution is 2.63. The molecule has 2 fully saturated rings. The summed E-state index contributed by atoms with van der Waals surface area (Å²) in [5.74, 6) is 1.13. The predicted molar refractivity (Wildman–Crippen MR) is 104 cm³/mol. The number of oxime groups is 1. The van der Waals surface area contributed by atoms with Gasteiger partial charge in [-0.05, 0) is 42.7 Å². The molecule has 1 aromatic carbocycles. The second-order valence-corrected chi connectivity index (χ2v) is 8.04. The third-order valence-electron chi connectivity index (χ3n) is 6.34. The van der Waals surface area contributed by atoms with Crippen molar-refractivity contribution < 1.29 is 14.4 Å². The number of ether oxygens (including phenoxy) is 1. The second kappa shape index (κ2) is 7.58. The van der Waals surface area contributed by atoms with Crippen LogP contribution in [0.25, 0.3) is 0 Å². The number of amides is 1. The Bertz CT molecular complexity index is 745. The number of hydrogen-bond acceptors (Lipinski definition) is 5. The van der Waals surface area contributed by atoms with Gasteiger partial charge in [-0.1, -0.05) is 44.1 Å². The van der Waals surface area contributed by atoms with Gasteiger partial charge >= 0.3 is 0 Å². The summed E-state index contributed by atoms with van der Waals surface area (Å²) in [5, 5.41) is 8.07. The van der Waals surface area contributed by atoms with Crippen LogP contribution in [-0.2, 0) is 9.63 Å². The molecule has 2 bridgehead atoms. The standard InChI is InChI=1S/C20H28N4O3/c1-19(2)14-9-10-20(19,3)16(11-14)22-23-18(25)13-27-24-17(21)12-26-15-7-5-4-6-8-15/h4-8,14H,9-13H2,1-3H3,(H2,21,24)(H,23,25)/b22-16+. The van der Waals surface area contributed by atoms with Gasteiger partial charge in [0.2, 0.25) is 0 Å². The van der Waals surface area contributed by atoms with Gasteiger partial charge in [-0.2, -0.15) is 5.10 Å². The van der Waals surface area contributed by atoms with Crippen molar-refractivity contribution in [2.45, 2.75) is 40.0 Å². The Morgan fingerprint density at radius 1 is 1.26 bits per heavy atom. The number of para-hydroxylation sites is 1. The lowest BCUT2D eigenvalue weighted by atomic mass is 9.70. The van der Waals surface area contributed by atoms with Gasteiger partial charge in [-0.3, -0.25) is 4.79 Å². The lowest BCUT2D eigenvalue weighted by Crippen LogP contribution is -2.34. The van der Waals surface area contributed by atoms with E-state index >= 15 is 0 Å². The number of amidine groups is 1. The van der Waals surface area contributed by atoms with Crippen molar-refractivity contribution in [1.82, 2.24) is 5.43 Å². The molecule has 2 aliphatic rings. The van der Waals surface area contributed by atoms with Gasteiger partial charge in [-0.25, -0.2) is 5.43 Å². The molecule has 2 aliphatic carbocycles. The molecule has 0 spiro atoms. The summed E-state index contributed by atoms with van der Waals surface area (Å²) < 4.78 is 5.44. The first kappa shape index (κ1) is 19.2. The van der Waals surface area contributed by atoms with E-state index in [1.807, 2.05) is 30.3 Å². The Morgan fingerprint density at radius 2 is 2.00 bits per heavy atom. The van der Waals surface area contributed by atoms with Crippen molar-refractivity contribution >= 4 is 17.5 Å². The minimum absolute atomic E-state index is 0.0587. The number of benzene rings is 1. The summed E-state index contributed by atoms with van der Waals surface area (Å²) in [7, 11) is 0. The Hall–Kier alpha value is -2.57. The maximum Gasteiger partial charge on any atom is 0.280 e. The Kier molecular flexibility index (Phi) is 5.39. The summed E-state index contributed by atoms with van der Waals surface area (Å²) in [4.78, 5) is 16.9. The molecule has 7 heteroatoms. The molecular formula is C20H28N4O3. The quantitative estimate of drug-likeness (QED) is 0.437. The maximum absolute atomic E-state index is 11.9. The molecule has 1 aromatic rings. The van der Waals surface area contributed by atoms with E-state index in [1.165, 1.54) is 6.42 Å². The molecule has 27 heavy (non-hydrogen) atoms. The Morgan fingerprint density at radius 3 is 2.63 bits per heavy atom. The summed E-state index contributed by atoms with van der Waals surface area (Å²) in [6.45, 7) is 6.69. The molecule has 0 radical (unpaired) electrons. The van der Waals surface area contributed by atoms with Gasteiger partial charge in [0.25, 0.3) is 5.91 Å². The average Bonchev–Trinajstić information content (AvgIpc) is 2.99. The lowest BCUT2D eigenvalue weighted by Gasteiger charge is -2.34. The van der Waals surface area contributed by atoms with Crippen LogP contribution in [0.15, 0.2) is 40.6 Å². The normalized spacial score (nSPS) is 27.6. The number of carbonyl (C=O) groups is 1. The van der Waals surface area contributed by atoms with Crippen LogP contribution >= 0.6 is 0 Å². The number of hydrazone groups is 1. The number of nitrogens with two attached hydrogens (primary N) is 1. The Labute approximate surface area is 160 Å². The van der Waals surface area contributed by atoms with E-state index in [0.29, 0.717) is 11.7 Å². The predicted octanol–water partition coefficient (Wildman–Crippen LogP) is 2.67. The third-order valence-corrected chi connectivity index (χ3v) is 6.34. The van der Waals surface area contributed by atoms with E-state index in [4.69, 9.17) is 15.3 Å². The molecule has 2 unspecified atom stereocenters. The summed E-state index contributed by atoms with van der Waals surface area (Å²) in [6.07, 6.45) is 3.31. The minimum atomic E-state index is -0.354. The molecule has 3 rings (SSSR count). The van der Waals surface area contributed by atoms with Crippen LogP contribution in [0, 0.1) is 16.7 Å². The van der Waals surface area contributed by atoms with Gasteiger partial charge in [-0.15, -0.1) is 0 Å². The van der Waals surface area contributed by atoms with E-state index in [0.717, 1.165) is 18.6 Å². The number of hydrogen-bond donors (Lipinski definition) is 2. The van der Waals surface area contributed by atoms with Crippen LogP contribution in [0.3, 0.4) is 0 Å². The molecule has 2 saturated carbocycles. The van der Waals surface area contributed by atoms with E-state index in [2.05, 4.69) is 36.5 Å². The zero-order valence-electron chi connectivity index (χ0n) is 16.2. The van der Waals surface area contributed by atoms with Crippen LogP contribution in [0.2, 0.25) is 0 Å². The van der Waals surface area contributed by atoms with Crippen molar-refractivity contribution in [2.24, 2.45) is 32.7 Å². The number of nitrogens with one attached hydrogen (secondary N) is 1. The molecular weight excluding hydrogens is 344 g/mol. The van der Waals surface area contributed by atoms with Gasteiger partial charge in [0.05, 0.1) is 0 Å². The molecule has 3 N–H and O–H groups in total. The third kappa shape index (κ3) is 3.91. The highest BCUT2D eigenvalue weighted by Gasteiger charge is 2.59. The van der Waals surface area contributed by atoms with E-state index in [-0.39, 0.29) is 35.8 Å². The van der Waals surface area contributed by atoms with Crippen LogP contribution in [0.4, 0.5) is 0 Å². The highest BCUT2D eigenvalue weighted by atomic mass is 16.6. The number of rotatable bonds is 7. The maximum atomic E-state index is 11.9. The molecule has 0 aromatic heterocycles. The summed E-state index contributed by atoms with van der Waals surface area (Å²) in [6, 6.07) is 9.26. The first-order valence-electron chi connectivity index (χ1n) is 9.31. The number of nitrogens with zero attached hydrogens (tertiary/aromatic N) is 2. The van der Waals surface area contributed by atoms with Crippen molar-refractivity contribution in [2.75, 3.05) is 13.2 Å². The SMILES string of the molecule is CC12CCC(C/C1=N\NC(=O)CO/N=C(\N)COc1ccccc1)C2(C)C. The minimum Gasteiger partial charge on any atom is -0.486 e. The molecule has 146 valence electrons. The van der Waals surface area contributed by atoms with E-state index in [9.17, 15) is 4.79 Å². The van der Waals surface area contributed by atoms with Crippen molar-refractivity contribution in [3.05, 3.63) is 30.3 Å². The fraction of sp³-hybridized carbons (Fsp3) is 0.550. The van der Waals surface area contributed by atoms with Crippen LogP contribution < -0.4 is 15.9 Å². The zero-order chi connectivity index (χ0) is 19.5. The zero-order valence-corrected chi connectivity index (χ0v) is 16.2. The number of fused-ring (bicyclic) bond motifs is 2.